The summed E-state index contributed by atoms with van der Waals surface area (Å²) in [6, 6.07) is 18.0. The third kappa shape index (κ3) is 6.92. The minimum Gasteiger partial charge on any atom is -0.508 e. The molecule has 0 aliphatic rings. The number of phenols is 1. The molecule has 0 amide bonds. The second-order valence-electron chi connectivity index (χ2n) is 4.72. The molecule has 0 aliphatic carbocycles. The van der Waals surface area contributed by atoms with Gasteiger partial charge in [0.25, 0.3) is 0 Å². The lowest BCUT2D eigenvalue weighted by molar-refractivity contribution is -0.0849. The molecule has 0 aromatic heterocycles. The van der Waals surface area contributed by atoms with Crippen LogP contribution >= 0.6 is 0 Å². The molecule has 2 aromatic rings. The van der Waals surface area contributed by atoms with Crippen LogP contribution in [0.15, 0.2) is 59.5 Å². The molecule has 0 bridgehead atoms. The molecular formula is C15H15F4O4S2+. The van der Waals surface area contributed by atoms with Crippen LogP contribution in [0.25, 0.3) is 0 Å². The highest BCUT2D eigenvalue weighted by molar-refractivity contribution is 7.95. The first-order chi connectivity index (χ1) is 11.6. The zero-order valence-electron chi connectivity index (χ0n) is 12.9. The maximum absolute atomic E-state index is 10.9. The van der Waals surface area contributed by atoms with Crippen molar-refractivity contribution in [2.24, 2.45) is 0 Å². The lowest BCUT2D eigenvalue weighted by Crippen LogP contribution is -2.22. The molecule has 1 N–H and O–H groups in total. The van der Waals surface area contributed by atoms with Gasteiger partial charge >= 0.3 is 15.6 Å². The van der Waals surface area contributed by atoms with Crippen LogP contribution < -0.4 is 0 Å². The number of halogens is 4. The summed E-state index contributed by atoms with van der Waals surface area (Å²) in [6.45, 7) is 0. The third-order valence-corrected chi connectivity index (χ3v) is 5.41. The van der Waals surface area contributed by atoms with E-state index in [2.05, 4.69) is 30.5 Å². The zero-order valence-corrected chi connectivity index (χ0v) is 14.5. The Balaban J connectivity index is 0.000000299. The van der Waals surface area contributed by atoms with E-state index in [-0.39, 0.29) is 10.9 Å². The Kier molecular flexibility index (Phi) is 7.71. The van der Waals surface area contributed by atoms with E-state index in [4.69, 9.17) is 0 Å². The first-order valence-corrected chi connectivity index (χ1v) is 9.85. The fourth-order valence-corrected chi connectivity index (χ4v) is 3.15. The minimum atomic E-state index is -6.00. The largest absolute Gasteiger partial charge is 0.525 e. The summed E-state index contributed by atoms with van der Waals surface area (Å²) in [7, 11) is -5.81. The maximum Gasteiger partial charge on any atom is 0.525 e. The summed E-state index contributed by atoms with van der Waals surface area (Å²) in [6.07, 6.45) is 2.24. The van der Waals surface area contributed by atoms with Crippen LogP contribution in [0.3, 0.4) is 0 Å². The van der Waals surface area contributed by atoms with Gasteiger partial charge < -0.3 is 5.11 Å². The molecule has 138 valence electrons. The summed E-state index contributed by atoms with van der Waals surface area (Å²) in [5.41, 5.74) is -4.32. The van der Waals surface area contributed by atoms with Crippen LogP contribution in [0.5, 0.6) is 5.75 Å². The number of phenolic OH excluding ortho intramolecular Hbond substituents is 1. The molecule has 0 saturated carbocycles. The second kappa shape index (κ2) is 9.07. The van der Waals surface area contributed by atoms with Gasteiger partial charge in [0.2, 0.25) is 0 Å². The molecule has 0 radical (unpaired) electrons. The molecule has 25 heavy (non-hydrogen) atoms. The number of alkyl halides is 3. The molecule has 10 heteroatoms. The topological polar surface area (TPSA) is 63.6 Å². The highest BCUT2D eigenvalue weighted by atomic mass is 32.2. The molecule has 2 aromatic carbocycles. The van der Waals surface area contributed by atoms with E-state index in [1.54, 1.807) is 16.5 Å². The van der Waals surface area contributed by atoms with Crippen molar-refractivity contribution < 1.29 is 35.6 Å². The first-order valence-electron chi connectivity index (χ1n) is 6.64. The third-order valence-electron chi connectivity index (χ3n) is 2.83. The van der Waals surface area contributed by atoms with E-state index in [1.807, 2.05) is 18.2 Å². The molecule has 0 saturated heterocycles. The summed E-state index contributed by atoms with van der Waals surface area (Å²) >= 11 is 0. The van der Waals surface area contributed by atoms with Gasteiger partial charge in [-0.3, -0.25) is 0 Å². The van der Waals surface area contributed by atoms with Gasteiger partial charge in [0.1, 0.15) is 17.8 Å². The standard InChI is InChI=1S/C14H14OS.CF4O3S/c1-16(11-12-5-3-2-4-6-12)14-9-7-13(15)8-10-14;2-1(3,4)9(6,7)8-5/h2-10H,11H2,1H3;/p+1. The lowest BCUT2D eigenvalue weighted by atomic mass is 10.2. The van der Waals surface area contributed by atoms with Gasteiger partial charge in [-0.2, -0.15) is 21.6 Å². The minimum absolute atomic E-state index is 0.196. The Hall–Kier alpha value is -1.78. The van der Waals surface area contributed by atoms with Crippen molar-refractivity contribution in [3.05, 3.63) is 60.2 Å². The molecule has 0 heterocycles. The van der Waals surface area contributed by atoms with Crippen molar-refractivity contribution in [3.8, 4) is 5.75 Å². The molecule has 1 unspecified atom stereocenters. The van der Waals surface area contributed by atoms with Gasteiger partial charge in [-0.05, 0) is 28.8 Å². The van der Waals surface area contributed by atoms with Crippen molar-refractivity contribution in [3.63, 3.8) is 0 Å². The molecule has 0 aliphatic heterocycles. The van der Waals surface area contributed by atoms with Crippen molar-refractivity contribution >= 4 is 21.0 Å². The number of rotatable bonds is 4. The average Bonchev–Trinajstić information content (AvgIpc) is 2.56. The van der Waals surface area contributed by atoms with Gasteiger partial charge in [-0.15, -0.1) is 0 Å². The lowest BCUT2D eigenvalue weighted by Gasteiger charge is -2.03. The Morgan fingerprint density at radius 1 is 1.04 bits per heavy atom. The van der Waals surface area contributed by atoms with Crippen LogP contribution in [-0.4, -0.2) is 25.3 Å². The van der Waals surface area contributed by atoms with Gasteiger partial charge in [0.15, 0.2) is 4.90 Å². The fourth-order valence-electron chi connectivity index (χ4n) is 1.62. The Labute approximate surface area is 145 Å². The van der Waals surface area contributed by atoms with Crippen LogP contribution in [0.1, 0.15) is 5.56 Å². The van der Waals surface area contributed by atoms with Crippen molar-refractivity contribution in [1.29, 1.82) is 0 Å². The Bertz CT molecular complexity index is 747. The fraction of sp³-hybridized carbons (Fsp3) is 0.200. The molecule has 0 spiro atoms. The maximum atomic E-state index is 10.9. The normalized spacial score (nSPS) is 12.8. The van der Waals surface area contributed by atoms with Gasteiger partial charge in [-0.1, -0.05) is 34.7 Å². The average molecular weight is 399 g/mol. The van der Waals surface area contributed by atoms with Crippen molar-refractivity contribution in [2.45, 2.75) is 16.2 Å². The van der Waals surface area contributed by atoms with Gasteiger partial charge in [0, 0.05) is 16.5 Å². The SMILES string of the molecule is C[S+](Cc1ccccc1)c1ccc(O)cc1.O=S(=O)(OF)C(F)(F)F. The van der Waals surface area contributed by atoms with Crippen LogP contribution in [0.2, 0.25) is 0 Å². The first kappa shape index (κ1) is 21.3. The highest BCUT2D eigenvalue weighted by Gasteiger charge is 2.48. The monoisotopic (exact) mass is 399 g/mol. The van der Waals surface area contributed by atoms with E-state index in [1.165, 1.54) is 10.5 Å². The number of benzene rings is 2. The van der Waals surface area contributed by atoms with E-state index in [0.29, 0.717) is 5.75 Å². The summed E-state index contributed by atoms with van der Waals surface area (Å²) in [5, 5.41) is 9.23. The molecule has 1 atom stereocenters. The highest BCUT2D eigenvalue weighted by Crippen LogP contribution is 2.24. The predicted octanol–water partition coefficient (Wildman–Crippen LogP) is 3.94. The molecule has 2 rings (SSSR count). The van der Waals surface area contributed by atoms with E-state index in [0.717, 1.165) is 5.75 Å². The zero-order chi connectivity index (χ0) is 19.1. The second-order valence-corrected chi connectivity index (χ2v) is 8.26. The summed E-state index contributed by atoms with van der Waals surface area (Å²) < 4.78 is 63.3. The Morgan fingerprint density at radius 2 is 1.56 bits per heavy atom. The molecule has 0 fully saturated rings. The summed E-state index contributed by atoms with van der Waals surface area (Å²) in [4.78, 5) is 1.29. The van der Waals surface area contributed by atoms with Gasteiger partial charge in [-0.25, -0.2) is 0 Å². The van der Waals surface area contributed by atoms with Crippen molar-refractivity contribution in [1.82, 2.24) is 0 Å². The smallest absolute Gasteiger partial charge is 0.508 e. The quantitative estimate of drug-likeness (QED) is 0.481. The number of aromatic hydroxyl groups is 1. The summed E-state index contributed by atoms with van der Waals surface area (Å²) in [5.74, 6) is 1.39. The van der Waals surface area contributed by atoms with E-state index >= 15 is 0 Å². The van der Waals surface area contributed by atoms with E-state index in [9.17, 15) is 31.2 Å². The van der Waals surface area contributed by atoms with Gasteiger partial charge in [0.05, 0.1) is 0 Å². The predicted molar refractivity (Wildman–Crippen MR) is 87.0 cm³/mol. The van der Waals surface area contributed by atoms with Crippen LogP contribution in [0.4, 0.5) is 17.7 Å². The Morgan fingerprint density at radius 3 is 1.96 bits per heavy atom. The molecular weight excluding hydrogens is 384 g/mol. The van der Waals surface area contributed by atoms with Crippen LogP contribution in [-0.2, 0) is 31.2 Å². The number of hydrogen-bond donors (Lipinski definition) is 1. The number of hydrogen-bond acceptors (Lipinski definition) is 4. The van der Waals surface area contributed by atoms with E-state index < -0.39 is 15.6 Å². The molecule has 4 nitrogen and oxygen atoms in total. The van der Waals surface area contributed by atoms with Crippen LogP contribution in [0, 0.1) is 0 Å². The van der Waals surface area contributed by atoms with Crippen molar-refractivity contribution in [2.75, 3.05) is 6.26 Å².